The zero-order chi connectivity index (χ0) is 12.2. The molecule has 1 aliphatic heterocycles. The summed E-state index contributed by atoms with van der Waals surface area (Å²) in [6, 6.07) is -0.328. The van der Waals surface area contributed by atoms with E-state index in [2.05, 4.69) is 4.72 Å². The van der Waals surface area contributed by atoms with Crippen LogP contribution in [0.4, 0.5) is 0 Å². The predicted molar refractivity (Wildman–Crippen MR) is 61.9 cm³/mol. The van der Waals surface area contributed by atoms with Crippen molar-refractivity contribution in [3.8, 4) is 0 Å². The van der Waals surface area contributed by atoms with Crippen molar-refractivity contribution in [3.63, 3.8) is 0 Å². The Hall–Kier alpha value is -0.660. The summed E-state index contributed by atoms with van der Waals surface area (Å²) in [7, 11) is -3.31. The predicted octanol–water partition coefficient (Wildman–Crippen LogP) is -0.201. The van der Waals surface area contributed by atoms with Crippen molar-refractivity contribution in [1.29, 1.82) is 5.41 Å². The van der Waals surface area contributed by atoms with Crippen molar-refractivity contribution in [2.45, 2.75) is 37.5 Å². The molecule has 94 valence electrons. The lowest BCUT2D eigenvalue weighted by molar-refractivity contribution is 0.0981. The van der Waals surface area contributed by atoms with E-state index in [-0.39, 0.29) is 23.5 Å². The molecule has 4 N–H and O–H groups in total. The zero-order valence-corrected chi connectivity index (χ0v) is 10.2. The van der Waals surface area contributed by atoms with Crippen molar-refractivity contribution in [2.75, 3.05) is 13.2 Å². The number of rotatable bonds is 5. The molecule has 0 amide bonds. The van der Waals surface area contributed by atoms with Gasteiger partial charge in [-0.2, -0.15) is 0 Å². The molecule has 1 atom stereocenters. The molecule has 16 heavy (non-hydrogen) atoms. The largest absolute Gasteiger partial charge is 0.388 e. The summed E-state index contributed by atoms with van der Waals surface area (Å²) in [5.41, 5.74) is 5.22. The molecule has 0 aliphatic carbocycles. The Kier molecular flexibility index (Phi) is 4.69. The fourth-order valence-corrected chi connectivity index (χ4v) is 3.38. The van der Waals surface area contributed by atoms with Gasteiger partial charge >= 0.3 is 0 Å². The van der Waals surface area contributed by atoms with Crippen LogP contribution in [0, 0.1) is 5.41 Å². The van der Waals surface area contributed by atoms with Gasteiger partial charge in [0.1, 0.15) is 0 Å². The number of hydrogen-bond donors (Lipinski definition) is 3. The highest BCUT2D eigenvalue weighted by molar-refractivity contribution is 7.90. The van der Waals surface area contributed by atoms with Gasteiger partial charge in [0.15, 0.2) is 0 Å². The molecule has 0 bridgehead atoms. The lowest BCUT2D eigenvalue weighted by Gasteiger charge is -2.24. The molecule has 1 unspecified atom stereocenters. The van der Waals surface area contributed by atoms with Crippen molar-refractivity contribution in [1.82, 2.24) is 4.72 Å². The molecule has 6 nitrogen and oxygen atoms in total. The third-order valence-corrected chi connectivity index (χ3v) is 4.58. The molecule has 0 spiro atoms. The lowest BCUT2D eigenvalue weighted by Crippen LogP contribution is -2.43. The topological polar surface area (TPSA) is 105 Å². The summed E-state index contributed by atoms with van der Waals surface area (Å²) >= 11 is 0. The second-order valence-corrected chi connectivity index (χ2v) is 6.10. The van der Waals surface area contributed by atoms with E-state index in [1.165, 1.54) is 0 Å². The van der Waals surface area contributed by atoms with Crippen LogP contribution in [-0.4, -0.2) is 38.8 Å². The molecule has 1 rings (SSSR count). The normalized spacial score (nSPS) is 20.6. The molecule has 1 heterocycles. The zero-order valence-electron chi connectivity index (χ0n) is 9.40. The van der Waals surface area contributed by atoms with E-state index in [1.54, 1.807) is 6.92 Å². The second-order valence-electron chi connectivity index (χ2n) is 4.11. The summed E-state index contributed by atoms with van der Waals surface area (Å²) < 4.78 is 31.5. The molecular formula is C9H19N3O3S. The number of ether oxygens (including phenoxy) is 1. The first-order valence-corrected chi connectivity index (χ1v) is 6.88. The van der Waals surface area contributed by atoms with Gasteiger partial charge in [0.05, 0.1) is 11.1 Å². The second kappa shape index (κ2) is 5.60. The minimum atomic E-state index is -3.31. The highest BCUT2D eigenvalue weighted by Gasteiger charge is 2.28. The lowest BCUT2D eigenvalue weighted by atomic mass is 10.2. The molecule has 1 saturated heterocycles. The fraction of sp³-hybridized carbons (Fsp3) is 0.889. The van der Waals surface area contributed by atoms with Crippen LogP contribution in [0.2, 0.25) is 0 Å². The van der Waals surface area contributed by atoms with E-state index in [1.807, 2.05) is 0 Å². The van der Waals surface area contributed by atoms with Crippen molar-refractivity contribution in [3.05, 3.63) is 0 Å². The fourth-order valence-electron chi connectivity index (χ4n) is 1.73. The third-order valence-electron chi connectivity index (χ3n) is 2.50. The van der Waals surface area contributed by atoms with Crippen LogP contribution in [0.15, 0.2) is 0 Å². The molecule has 0 aromatic rings. The Morgan fingerprint density at radius 2 is 2.12 bits per heavy atom. The van der Waals surface area contributed by atoms with Crippen molar-refractivity contribution < 1.29 is 13.2 Å². The number of amidine groups is 1. The first kappa shape index (κ1) is 13.4. The third kappa shape index (κ3) is 4.07. The summed E-state index contributed by atoms with van der Waals surface area (Å²) in [6.07, 6.45) is 1.30. The van der Waals surface area contributed by atoms with Crippen LogP contribution in [0.25, 0.3) is 0 Å². The summed E-state index contributed by atoms with van der Waals surface area (Å²) in [5.74, 6) is -0.0119. The van der Waals surface area contributed by atoms with E-state index in [0.717, 1.165) is 0 Å². The average molecular weight is 249 g/mol. The van der Waals surface area contributed by atoms with Gasteiger partial charge in [-0.3, -0.25) is 5.41 Å². The Bertz CT molecular complexity index is 336. The number of sulfonamides is 1. The van der Waals surface area contributed by atoms with Gasteiger partial charge in [-0.05, 0) is 19.8 Å². The van der Waals surface area contributed by atoms with E-state index in [0.29, 0.717) is 26.1 Å². The van der Waals surface area contributed by atoms with Crippen LogP contribution in [0.5, 0.6) is 0 Å². The summed E-state index contributed by atoms with van der Waals surface area (Å²) in [6.45, 7) is 2.69. The number of nitrogens with one attached hydrogen (secondary N) is 2. The van der Waals surface area contributed by atoms with E-state index in [9.17, 15) is 8.42 Å². The molecule has 1 fully saturated rings. The maximum Gasteiger partial charge on any atom is 0.214 e. The van der Waals surface area contributed by atoms with Crippen LogP contribution in [0.1, 0.15) is 26.2 Å². The molecule has 0 radical (unpaired) electrons. The van der Waals surface area contributed by atoms with Crippen LogP contribution in [-0.2, 0) is 14.8 Å². The van der Waals surface area contributed by atoms with E-state index in [4.69, 9.17) is 15.9 Å². The van der Waals surface area contributed by atoms with Gasteiger partial charge in [-0.25, -0.2) is 13.1 Å². The van der Waals surface area contributed by atoms with Gasteiger partial charge < -0.3 is 10.5 Å². The smallest absolute Gasteiger partial charge is 0.214 e. The van der Waals surface area contributed by atoms with Gasteiger partial charge in [-0.15, -0.1) is 0 Å². The van der Waals surface area contributed by atoms with Crippen LogP contribution >= 0.6 is 0 Å². The minimum Gasteiger partial charge on any atom is -0.388 e. The standard InChI is InChI=1S/C9H19N3O3S/c1-7(6-9(10)11)12-16(13,14)8-2-4-15-5-3-8/h7-8,12H,2-6H2,1H3,(H3,10,11). The highest BCUT2D eigenvalue weighted by Crippen LogP contribution is 2.15. The number of hydrogen-bond acceptors (Lipinski definition) is 4. The Morgan fingerprint density at radius 3 is 2.62 bits per heavy atom. The van der Waals surface area contributed by atoms with Gasteiger partial charge in [0.2, 0.25) is 10.0 Å². The Morgan fingerprint density at radius 1 is 1.56 bits per heavy atom. The van der Waals surface area contributed by atoms with E-state index < -0.39 is 10.0 Å². The van der Waals surface area contributed by atoms with Crippen LogP contribution < -0.4 is 10.5 Å². The molecule has 7 heteroatoms. The Balaban J connectivity index is 2.53. The molecule has 0 aromatic carbocycles. The van der Waals surface area contributed by atoms with Crippen molar-refractivity contribution >= 4 is 15.9 Å². The summed E-state index contributed by atoms with van der Waals surface area (Å²) in [4.78, 5) is 0. The maximum absolute atomic E-state index is 11.9. The molecular weight excluding hydrogens is 230 g/mol. The average Bonchev–Trinajstić information content (AvgIpc) is 2.16. The maximum atomic E-state index is 11.9. The van der Waals surface area contributed by atoms with Crippen LogP contribution in [0.3, 0.4) is 0 Å². The molecule has 1 aliphatic rings. The number of nitrogens with two attached hydrogens (primary N) is 1. The first-order valence-electron chi connectivity index (χ1n) is 5.33. The minimum absolute atomic E-state index is 0.0119. The monoisotopic (exact) mass is 249 g/mol. The first-order chi connectivity index (χ1) is 7.42. The summed E-state index contributed by atoms with van der Waals surface area (Å²) in [5, 5.41) is 6.72. The molecule has 0 saturated carbocycles. The van der Waals surface area contributed by atoms with Crippen molar-refractivity contribution in [2.24, 2.45) is 5.73 Å². The Labute approximate surface area is 96.1 Å². The molecule has 0 aromatic heterocycles. The quantitative estimate of drug-likeness (QED) is 0.463. The van der Waals surface area contributed by atoms with E-state index >= 15 is 0 Å². The highest BCUT2D eigenvalue weighted by atomic mass is 32.2. The SMILES string of the molecule is CC(CC(=N)N)NS(=O)(=O)C1CCOCC1. The van der Waals surface area contributed by atoms with Gasteiger partial charge in [0.25, 0.3) is 0 Å². The van der Waals surface area contributed by atoms with Gasteiger partial charge in [0, 0.05) is 25.7 Å². The van der Waals surface area contributed by atoms with Gasteiger partial charge in [-0.1, -0.05) is 0 Å².